The van der Waals surface area contributed by atoms with E-state index in [4.69, 9.17) is 4.74 Å². The Hall–Kier alpha value is -3.01. The first kappa shape index (κ1) is 21.7. The first-order chi connectivity index (χ1) is 14.2. The number of esters is 1. The molecule has 0 amide bonds. The lowest BCUT2D eigenvalue weighted by Crippen LogP contribution is -2.16. The summed E-state index contributed by atoms with van der Waals surface area (Å²) in [6.45, 7) is 5.04. The standard InChI is InChI=1S/C20H21F3N4O3/c1-4-30-17(29)9-14(15-6-5-11(2)16(10-28)24-15)13-7-8-27-18(12(13)3)25-26-19(27)20(21,22)23/h5-8,14,28H,4,9-10H2,1-3H3. The van der Waals surface area contributed by atoms with Crippen molar-refractivity contribution in [3.8, 4) is 0 Å². The number of nitrogens with zero attached hydrogens (tertiary/aromatic N) is 4. The van der Waals surface area contributed by atoms with Gasteiger partial charge in [-0.25, -0.2) is 0 Å². The highest BCUT2D eigenvalue weighted by Gasteiger charge is 2.37. The second-order valence-corrected chi connectivity index (χ2v) is 6.83. The van der Waals surface area contributed by atoms with Crippen LogP contribution in [0.15, 0.2) is 24.4 Å². The van der Waals surface area contributed by atoms with E-state index in [-0.39, 0.29) is 25.3 Å². The highest BCUT2D eigenvalue weighted by molar-refractivity contribution is 5.72. The summed E-state index contributed by atoms with van der Waals surface area (Å²) >= 11 is 0. The van der Waals surface area contributed by atoms with Crippen molar-refractivity contribution in [2.24, 2.45) is 0 Å². The number of pyridine rings is 2. The Morgan fingerprint density at radius 2 is 1.97 bits per heavy atom. The van der Waals surface area contributed by atoms with Crippen LogP contribution < -0.4 is 0 Å². The molecule has 7 nitrogen and oxygen atoms in total. The number of aromatic nitrogens is 4. The molecule has 3 aromatic rings. The Morgan fingerprint density at radius 3 is 2.60 bits per heavy atom. The Balaban J connectivity index is 2.15. The third kappa shape index (κ3) is 4.13. The summed E-state index contributed by atoms with van der Waals surface area (Å²) in [5.41, 5.74) is 2.82. The molecule has 0 aliphatic heterocycles. The van der Waals surface area contributed by atoms with Crippen LogP contribution in [0, 0.1) is 13.8 Å². The van der Waals surface area contributed by atoms with E-state index < -0.39 is 23.9 Å². The van der Waals surface area contributed by atoms with Gasteiger partial charge in [0.05, 0.1) is 25.3 Å². The van der Waals surface area contributed by atoms with Crippen molar-refractivity contribution >= 4 is 11.6 Å². The molecule has 1 N–H and O–H groups in total. The zero-order chi connectivity index (χ0) is 22.1. The summed E-state index contributed by atoms with van der Waals surface area (Å²) in [6, 6.07) is 5.01. The molecule has 1 unspecified atom stereocenters. The number of hydrogen-bond donors (Lipinski definition) is 1. The van der Waals surface area contributed by atoms with Gasteiger partial charge in [0.1, 0.15) is 0 Å². The highest BCUT2D eigenvalue weighted by atomic mass is 19.4. The first-order valence-corrected chi connectivity index (χ1v) is 9.31. The van der Waals surface area contributed by atoms with Crippen molar-refractivity contribution < 1.29 is 27.8 Å². The largest absolute Gasteiger partial charge is 0.466 e. The monoisotopic (exact) mass is 422 g/mol. The fraction of sp³-hybridized carbons (Fsp3) is 0.400. The summed E-state index contributed by atoms with van der Waals surface area (Å²) in [6.07, 6.45) is -3.47. The lowest BCUT2D eigenvalue weighted by molar-refractivity contribution is -0.145. The van der Waals surface area contributed by atoms with Gasteiger partial charge in [-0.3, -0.25) is 14.2 Å². The van der Waals surface area contributed by atoms with Gasteiger partial charge in [0.15, 0.2) is 5.65 Å². The van der Waals surface area contributed by atoms with E-state index >= 15 is 0 Å². The number of halogens is 3. The number of aryl methyl sites for hydroxylation is 2. The predicted molar refractivity (Wildman–Crippen MR) is 101 cm³/mol. The molecule has 0 spiro atoms. The van der Waals surface area contributed by atoms with Crippen molar-refractivity contribution in [1.29, 1.82) is 0 Å². The molecule has 160 valence electrons. The Morgan fingerprint density at radius 1 is 1.23 bits per heavy atom. The SMILES string of the molecule is CCOC(=O)CC(c1ccc(C)c(CO)n1)c1ccn2c(C(F)(F)F)nnc2c1C. The minimum absolute atomic E-state index is 0.0446. The number of carbonyl (C=O) groups excluding carboxylic acids is 1. The first-order valence-electron chi connectivity index (χ1n) is 9.31. The van der Waals surface area contributed by atoms with E-state index in [0.29, 0.717) is 22.5 Å². The maximum absolute atomic E-state index is 13.2. The molecule has 0 fully saturated rings. The normalized spacial score (nSPS) is 12.9. The van der Waals surface area contributed by atoms with Gasteiger partial charge in [-0.15, -0.1) is 10.2 Å². The zero-order valence-corrected chi connectivity index (χ0v) is 16.7. The van der Waals surface area contributed by atoms with Crippen molar-refractivity contribution in [3.05, 3.63) is 58.3 Å². The molecule has 0 saturated carbocycles. The molecule has 10 heteroatoms. The maximum atomic E-state index is 13.2. The quantitative estimate of drug-likeness (QED) is 0.613. The van der Waals surface area contributed by atoms with Gasteiger partial charge in [-0.2, -0.15) is 13.2 Å². The van der Waals surface area contributed by atoms with E-state index in [9.17, 15) is 23.1 Å². The van der Waals surface area contributed by atoms with Crippen LogP contribution in [0.2, 0.25) is 0 Å². The third-order valence-electron chi connectivity index (χ3n) is 4.90. The summed E-state index contributed by atoms with van der Waals surface area (Å²) in [7, 11) is 0. The molecule has 1 atom stereocenters. The summed E-state index contributed by atoms with van der Waals surface area (Å²) < 4.78 is 45.5. The van der Waals surface area contributed by atoms with Crippen LogP contribution in [0.5, 0.6) is 0 Å². The van der Waals surface area contributed by atoms with Crippen molar-refractivity contribution in [1.82, 2.24) is 19.6 Å². The molecule has 3 heterocycles. The Bertz CT molecular complexity index is 1080. The Kier molecular flexibility index (Phi) is 6.06. The highest BCUT2D eigenvalue weighted by Crippen LogP contribution is 2.34. The molecule has 3 aromatic heterocycles. The van der Waals surface area contributed by atoms with Crippen molar-refractivity contribution in [2.45, 2.75) is 45.9 Å². The molecule has 3 rings (SSSR count). The fourth-order valence-corrected chi connectivity index (χ4v) is 3.37. The average molecular weight is 422 g/mol. The number of fused-ring (bicyclic) bond motifs is 1. The number of ether oxygens (including phenoxy) is 1. The molecule has 0 aliphatic carbocycles. The van der Waals surface area contributed by atoms with Gasteiger partial charge in [-0.1, -0.05) is 6.07 Å². The van der Waals surface area contributed by atoms with Gasteiger partial charge in [0.25, 0.3) is 0 Å². The van der Waals surface area contributed by atoms with Crippen LogP contribution in [-0.2, 0) is 22.3 Å². The number of rotatable bonds is 6. The van der Waals surface area contributed by atoms with Gasteiger partial charge in [-0.05, 0) is 49.6 Å². The van der Waals surface area contributed by atoms with E-state index in [0.717, 1.165) is 9.96 Å². The van der Waals surface area contributed by atoms with Crippen LogP contribution in [0.4, 0.5) is 13.2 Å². The van der Waals surface area contributed by atoms with Crippen LogP contribution in [0.3, 0.4) is 0 Å². The number of carbonyl (C=O) groups is 1. The van der Waals surface area contributed by atoms with Gasteiger partial charge < -0.3 is 9.84 Å². The van der Waals surface area contributed by atoms with Crippen LogP contribution in [0.25, 0.3) is 5.65 Å². The van der Waals surface area contributed by atoms with Crippen LogP contribution in [-0.4, -0.2) is 37.3 Å². The number of aliphatic hydroxyl groups excluding tert-OH is 1. The number of alkyl halides is 3. The predicted octanol–water partition coefficient (Wildman–Crippen LogP) is 3.34. The lowest BCUT2D eigenvalue weighted by Gasteiger charge is -2.20. The van der Waals surface area contributed by atoms with E-state index in [2.05, 4.69) is 15.2 Å². The molecule has 30 heavy (non-hydrogen) atoms. The molecular formula is C20H21F3N4O3. The topological polar surface area (TPSA) is 89.6 Å². The van der Waals surface area contributed by atoms with E-state index in [1.807, 2.05) is 0 Å². The minimum atomic E-state index is -4.65. The second kappa shape index (κ2) is 8.39. The molecule has 0 aromatic carbocycles. The molecule has 0 radical (unpaired) electrons. The van der Waals surface area contributed by atoms with Crippen LogP contribution in [0.1, 0.15) is 53.2 Å². The van der Waals surface area contributed by atoms with Crippen molar-refractivity contribution in [2.75, 3.05) is 6.61 Å². The lowest BCUT2D eigenvalue weighted by atomic mass is 9.89. The van der Waals surface area contributed by atoms with Gasteiger partial charge >= 0.3 is 12.1 Å². The summed E-state index contributed by atoms with van der Waals surface area (Å²) in [4.78, 5) is 16.7. The van der Waals surface area contributed by atoms with Crippen molar-refractivity contribution in [3.63, 3.8) is 0 Å². The molecule has 0 bridgehead atoms. The molecular weight excluding hydrogens is 401 g/mol. The number of hydrogen-bond acceptors (Lipinski definition) is 6. The summed E-state index contributed by atoms with van der Waals surface area (Å²) in [5.74, 6) is -2.18. The van der Waals surface area contributed by atoms with E-state index in [1.54, 1.807) is 32.9 Å². The molecule has 0 saturated heterocycles. The molecule has 0 aliphatic rings. The van der Waals surface area contributed by atoms with Crippen LogP contribution >= 0.6 is 0 Å². The number of aliphatic hydroxyl groups is 1. The third-order valence-corrected chi connectivity index (χ3v) is 4.90. The van der Waals surface area contributed by atoms with Gasteiger partial charge in [0, 0.05) is 17.8 Å². The summed E-state index contributed by atoms with van der Waals surface area (Å²) in [5, 5.41) is 16.5. The van der Waals surface area contributed by atoms with E-state index in [1.165, 1.54) is 12.3 Å². The average Bonchev–Trinajstić information content (AvgIpc) is 3.13. The Labute approximate surface area is 170 Å². The maximum Gasteiger partial charge on any atom is 0.452 e. The minimum Gasteiger partial charge on any atom is -0.466 e. The fourth-order valence-electron chi connectivity index (χ4n) is 3.37. The van der Waals surface area contributed by atoms with Gasteiger partial charge in [0.2, 0.25) is 5.82 Å². The smallest absolute Gasteiger partial charge is 0.452 e. The zero-order valence-electron chi connectivity index (χ0n) is 16.7. The second-order valence-electron chi connectivity index (χ2n) is 6.83.